The lowest BCUT2D eigenvalue weighted by Gasteiger charge is -2.14. The molecular formula is C19H22N4. The van der Waals surface area contributed by atoms with Crippen molar-refractivity contribution in [3.63, 3.8) is 0 Å². The maximum Gasteiger partial charge on any atom is 0.160 e. The molecule has 1 unspecified atom stereocenters. The van der Waals surface area contributed by atoms with Gasteiger partial charge in [-0.3, -0.25) is 0 Å². The van der Waals surface area contributed by atoms with Gasteiger partial charge in [-0.25, -0.2) is 9.97 Å². The van der Waals surface area contributed by atoms with Crippen LogP contribution in [0.15, 0.2) is 42.6 Å². The van der Waals surface area contributed by atoms with Crippen LogP contribution in [0.5, 0.6) is 0 Å². The van der Waals surface area contributed by atoms with Crippen molar-refractivity contribution in [1.29, 1.82) is 0 Å². The van der Waals surface area contributed by atoms with E-state index in [9.17, 15) is 0 Å². The Hall–Kier alpha value is -2.20. The zero-order valence-corrected chi connectivity index (χ0v) is 13.7. The van der Waals surface area contributed by atoms with E-state index in [1.165, 1.54) is 23.4 Å². The molecule has 1 fully saturated rings. The van der Waals surface area contributed by atoms with E-state index < -0.39 is 0 Å². The second-order valence-electron chi connectivity index (χ2n) is 6.64. The first-order valence-corrected chi connectivity index (χ1v) is 8.26. The summed E-state index contributed by atoms with van der Waals surface area (Å²) in [6.07, 6.45) is 3.04. The van der Waals surface area contributed by atoms with Crippen molar-refractivity contribution in [2.45, 2.75) is 25.8 Å². The van der Waals surface area contributed by atoms with E-state index in [0.29, 0.717) is 5.92 Å². The highest BCUT2D eigenvalue weighted by Crippen LogP contribution is 2.28. The number of hydrogen-bond acceptors (Lipinski definition) is 3. The molecule has 0 aliphatic carbocycles. The predicted octanol–water partition coefficient (Wildman–Crippen LogP) is 3.21. The quantitative estimate of drug-likeness (QED) is 0.745. The Bertz CT molecular complexity index is 819. The van der Waals surface area contributed by atoms with E-state index in [1.54, 1.807) is 0 Å². The lowest BCUT2D eigenvalue weighted by Crippen LogP contribution is -2.16. The number of pyridine rings is 1. The number of aryl methyl sites for hydroxylation is 1. The van der Waals surface area contributed by atoms with Gasteiger partial charge in [0.25, 0.3) is 0 Å². The molecule has 4 nitrogen and oxygen atoms in total. The molecule has 1 aliphatic heterocycles. The lowest BCUT2D eigenvalue weighted by molar-refractivity contribution is 0.408. The van der Waals surface area contributed by atoms with Crippen LogP contribution in [0.1, 0.15) is 29.3 Å². The Morgan fingerprint density at radius 2 is 2.00 bits per heavy atom. The molecular weight excluding hydrogens is 284 g/mol. The van der Waals surface area contributed by atoms with Gasteiger partial charge in [0.15, 0.2) is 5.65 Å². The van der Waals surface area contributed by atoms with Crippen LogP contribution >= 0.6 is 0 Å². The third-order valence-electron chi connectivity index (χ3n) is 4.75. The predicted molar refractivity (Wildman–Crippen MR) is 92.7 cm³/mol. The fourth-order valence-corrected chi connectivity index (χ4v) is 3.47. The van der Waals surface area contributed by atoms with Gasteiger partial charge >= 0.3 is 0 Å². The normalized spacial score (nSPS) is 18.8. The number of likely N-dealkylation sites (N-methyl/N-ethyl adjacent to an activating group) is 1. The standard InChI is InChI=1S/C19H22N4/c1-14-5-7-15(8-6-14)12-23-18(16-9-11-22(2)13-16)21-17-4-3-10-20-19(17)23/h3-8,10,16H,9,11-13H2,1-2H3. The highest BCUT2D eigenvalue weighted by atomic mass is 15.2. The van der Waals surface area contributed by atoms with Crippen LogP contribution in [0.4, 0.5) is 0 Å². The van der Waals surface area contributed by atoms with Gasteiger partial charge in [-0.1, -0.05) is 29.8 Å². The molecule has 3 heterocycles. The minimum atomic E-state index is 0.500. The van der Waals surface area contributed by atoms with Crippen LogP contribution in [0.25, 0.3) is 11.2 Å². The summed E-state index contributed by atoms with van der Waals surface area (Å²) in [6.45, 7) is 5.18. The van der Waals surface area contributed by atoms with Crippen molar-refractivity contribution in [3.8, 4) is 0 Å². The van der Waals surface area contributed by atoms with Gasteiger partial charge in [-0.05, 0) is 44.6 Å². The molecule has 1 aliphatic rings. The van der Waals surface area contributed by atoms with E-state index in [0.717, 1.165) is 30.8 Å². The Balaban J connectivity index is 1.77. The molecule has 4 heteroatoms. The van der Waals surface area contributed by atoms with Gasteiger partial charge in [0.05, 0.1) is 6.54 Å². The number of benzene rings is 1. The fraction of sp³-hybridized carbons (Fsp3) is 0.368. The molecule has 1 saturated heterocycles. The maximum atomic E-state index is 4.92. The van der Waals surface area contributed by atoms with Crippen LogP contribution in [0.3, 0.4) is 0 Å². The summed E-state index contributed by atoms with van der Waals surface area (Å²) in [5, 5.41) is 0. The molecule has 3 aromatic rings. The van der Waals surface area contributed by atoms with Gasteiger partial charge in [-0.15, -0.1) is 0 Å². The SMILES string of the molecule is Cc1ccc(Cn2c(C3CCN(C)C3)nc3cccnc32)cc1. The van der Waals surface area contributed by atoms with Crippen LogP contribution in [0.2, 0.25) is 0 Å². The number of hydrogen-bond donors (Lipinski definition) is 0. The van der Waals surface area contributed by atoms with E-state index in [2.05, 4.69) is 58.8 Å². The molecule has 0 saturated carbocycles. The summed E-state index contributed by atoms with van der Waals surface area (Å²) in [5.41, 5.74) is 4.59. The minimum absolute atomic E-state index is 0.500. The number of nitrogens with zero attached hydrogens (tertiary/aromatic N) is 4. The minimum Gasteiger partial charge on any atom is -0.308 e. The summed E-state index contributed by atoms with van der Waals surface area (Å²) < 4.78 is 2.31. The Labute approximate surface area is 136 Å². The average molecular weight is 306 g/mol. The van der Waals surface area contributed by atoms with E-state index >= 15 is 0 Å². The molecule has 23 heavy (non-hydrogen) atoms. The van der Waals surface area contributed by atoms with Crippen molar-refractivity contribution in [2.24, 2.45) is 0 Å². The number of fused-ring (bicyclic) bond motifs is 1. The van der Waals surface area contributed by atoms with Crippen molar-refractivity contribution >= 4 is 11.2 Å². The smallest absolute Gasteiger partial charge is 0.160 e. The van der Waals surface area contributed by atoms with E-state index in [1.807, 2.05) is 12.3 Å². The van der Waals surface area contributed by atoms with Gasteiger partial charge in [0.1, 0.15) is 11.3 Å². The van der Waals surface area contributed by atoms with E-state index in [-0.39, 0.29) is 0 Å². The summed E-state index contributed by atoms with van der Waals surface area (Å²) in [5.74, 6) is 1.68. The topological polar surface area (TPSA) is 34.0 Å². The van der Waals surface area contributed by atoms with Gasteiger partial charge < -0.3 is 9.47 Å². The summed E-state index contributed by atoms with van der Waals surface area (Å²) >= 11 is 0. The first-order valence-electron chi connectivity index (χ1n) is 8.26. The van der Waals surface area contributed by atoms with Crippen LogP contribution < -0.4 is 0 Å². The van der Waals surface area contributed by atoms with Crippen molar-refractivity contribution in [1.82, 2.24) is 19.4 Å². The van der Waals surface area contributed by atoms with Crippen molar-refractivity contribution in [2.75, 3.05) is 20.1 Å². The molecule has 0 radical (unpaired) electrons. The first kappa shape index (κ1) is 14.4. The number of rotatable bonds is 3. The van der Waals surface area contributed by atoms with Crippen molar-refractivity contribution in [3.05, 3.63) is 59.5 Å². The third kappa shape index (κ3) is 2.75. The zero-order chi connectivity index (χ0) is 15.8. The van der Waals surface area contributed by atoms with Gasteiger partial charge in [0, 0.05) is 18.7 Å². The molecule has 1 aromatic carbocycles. The fourth-order valence-electron chi connectivity index (χ4n) is 3.47. The number of aromatic nitrogens is 3. The lowest BCUT2D eigenvalue weighted by atomic mass is 10.1. The second-order valence-corrected chi connectivity index (χ2v) is 6.64. The highest BCUT2D eigenvalue weighted by molar-refractivity contribution is 5.71. The molecule has 1 atom stereocenters. The van der Waals surface area contributed by atoms with Gasteiger partial charge in [0.2, 0.25) is 0 Å². The molecule has 0 amide bonds. The maximum absolute atomic E-state index is 4.92. The van der Waals surface area contributed by atoms with Crippen molar-refractivity contribution < 1.29 is 0 Å². The van der Waals surface area contributed by atoms with Crippen LogP contribution in [-0.2, 0) is 6.54 Å². The molecule has 0 N–H and O–H groups in total. The largest absolute Gasteiger partial charge is 0.308 e. The summed E-state index contributed by atoms with van der Waals surface area (Å²) in [4.78, 5) is 11.9. The third-order valence-corrected chi connectivity index (χ3v) is 4.75. The number of imidazole rings is 1. The van der Waals surface area contributed by atoms with Crippen LogP contribution in [0, 0.1) is 6.92 Å². The molecule has 118 valence electrons. The molecule has 0 spiro atoms. The first-order chi connectivity index (χ1) is 11.2. The Kier molecular flexibility index (Phi) is 3.62. The molecule has 4 rings (SSSR count). The monoisotopic (exact) mass is 306 g/mol. The van der Waals surface area contributed by atoms with E-state index in [4.69, 9.17) is 4.98 Å². The molecule has 0 bridgehead atoms. The summed E-state index contributed by atoms with van der Waals surface area (Å²) in [6, 6.07) is 12.8. The second kappa shape index (κ2) is 5.78. The van der Waals surface area contributed by atoms with Gasteiger partial charge in [-0.2, -0.15) is 0 Å². The summed E-state index contributed by atoms with van der Waals surface area (Å²) in [7, 11) is 2.19. The van der Waals surface area contributed by atoms with Crippen LogP contribution in [-0.4, -0.2) is 39.6 Å². The zero-order valence-electron chi connectivity index (χ0n) is 13.7. The Morgan fingerprint density at radius 1 is 1.17 bits per heavy atom. The number of likely N-dealkylation sites (tertiary alicyclic amines) is 1. The Morgan fingerprint density at radius 3 is 2.74 bits per heavy atom. The average Bonchev–Trinajstić information content (AvgIpc) is 3.14. The molecule has 2 aromatic heterocycles. The highest BCUT2D eigenvalue weighted by Gasteiger charge is 2.26.